The fraction of sp³-hybridized carbons (Fsp3) is 0.364. The van der Waals surface area contributed by atoms with E-state index >= 15 is 0 Å². The van der Waals surface area contributed by atoms with E-state index in [9.17, 15) is 9.90 Å². The number of carbonyl (C=O) groups is 1. The van der Waals surface area contributed by atoms with Gasteiger partial charge in [0.25, 0.3) is 0 Å². The summed E-state index contributed by atoms with van der Waals surface area (Å²) in [7, 11) is 1.30. The van der Waals surface area contributed by atoms with Crippen LogP contribution in [-0.4, -0.2) is 24.3 Å². The van der Waals surface area contributed by atoms with Crippen LogP contribution in [0, 0.1) is 5.92 Å². The number of hydrogen-bond donors (Lipinski definition) is 1. The van der Waals surface area contributed by atoms with Crippen LogP contribution in [0.15, 0.2) is 34.9 Å². The monoisotopic (exact) mass is 272 g/mol. The standard InChI is InChI=1S/C11H13BrO3/c1-7(11(14)15-2)6-10(13)8-4-3-5-9(8)12/h3-5,8,10,13H,1,6H2,2H3. The van der Waals surface area contributed by atoms with E-state index in [0.717, 1.165) is 4.48 Å². The summed E-state index contributed by atoms with van der Waals surface area (Å²) >= 11 is 3.34. The van der Waals surface area contributed by atoms with Crippen LogP contribution in [-0.2, 0) is 9.53 Å². The fourth-order valence-electron chi connectivity index (χ4n) is 1.39. The molecule has 82 valence electrons. The van der Waals surface area contributed by atoms with Crippen LogP contribution in [0.2, 0.25) is 0 Å². The van der Waals surface area contributed by atoms with Crippen molar-refractivity contribution < 1.29 is 14.6 Å². The van der Waals surface area contributed by atoms with Gasteiger partial charge in [-0.2, -0.15) is 0 Å². The Bertz CT molecular complexity index is 331. The van der Waals surface area contributed by atoms with Gasteiger partial charge in [-0.1, -0.05) is 40.7 Å². The summed E-state index contributed by atoms with van der Waals surface area (Å²) in [5, 5.41) is 9.84. The van der Waals surface area contributed by atoms with E-state index in [-0.39, 0.29) is 17.9 Å². The first-order chi connectivity index (χ1) is 7.06. The molecule has 1 aliphatic carbocycles. The van der Waals surface area contributed by atoms with Crippen LogP contribution in [0.3, 0.4) is 0 Å². The van der Waals surface area contributed by atoms with Gasteiger partial charge in [-0.05, 0) is 0 Å². The van der Waals surface area contributed by atoms with Crippen molar-refractivity contribution in [1.82, 2.24) is 0 Å². The quantitative estimate of drug-likeness (QED) is 0.629. The summed E-state index contributed by atoms with van der Waals surface area (Å²) in [6, 6.07) is 0. The lowest BCUT2D eigenvalue weighted by Crippen LogP contribution is -2.20. The van der Waals surface area contributed by atoms with Gasteiger partial charge >= 0.3 is 5.97 Å². The number of allylic oxidation sites excluding steroid dienone is 2. The van der Waals surface area contributed by atoms with Gasteiger partial charge in [-0.15, -0.1) is 0 Å². The molecule has 4 heteroatoms. The molecule has 0 spiro atoms. The van der Waals surface area contributed by atoms with Crippen LogP contribution in [0.4, 0.5) is 0 Å². The van der Waals surface area contributed by atoms with E-state index in [2.05, 4.69) is 27.2 Å². The summed E-state index contributed by atoms with van der Waals surface area (Å²) in [4.78, 5) is 11.1. The van der Waals surface area contributed by atoms with Crippen LogP contribution < -0.4 is 0 Å². The lowest BCUT2D eigenvalue weighted by atomic mass is 9.98. The molecule has 0 bridgehead atoms. The first kappa shape index (κ1) is 12.2. The zero-order valence-electron chi connectivity index (χ0n) is 8.44. The highest BCUT2D eigenvalue weighted by atomic mass is 79.9. The third-order valence-electron chi connectivity index (χ3n) is 2.24. The summed E-state index contributed by atoms with van der Waals surface area (Å²) in [6.45, 7) is 3.57. The van der Waals surface area contributed by atoms with Crippen molar-refractivity contribution in [3.63, 3.8) is 0 Å². The molecule has 0 aliphatic heterocycles. The van der Waals surface area contributed by atoms with Crippen LogP contribution in [0.25, 0.3) is 0 Å². The first-order valence-electron chi connectivity index (χ1n) is 4.54. The van der Waals surface area contributed by atoms with Crippen molar-refractivity contribution in [2.45, 2.75) is 12.5 Å². The van der Waals surface area contributed by atoms with Crippen molar-refractivity contribution in [2.75, 3.05) is 7.11 Å². The van der Waals surface area contributed by atoms with Crippen molar-refractivity contribution in [1.29, 1.82) is 0 Å². The fourth-order valence-corrected chi connectivity index (χ4v) is 2.00. The maximum atomic E-state index is 11.1. The average Bonchev–Trinajstić information content (AvgIpc) is 2.63. The molecule has 0 heterocycles. The second-order valence-electron chi connectivity index (χ2n) is 3.33. The topological polar surface area (TPSA) is 46.5 Å². The highest BCUT2D eigenvalue weighted by Gasteiger charge is 2.24. The summed E-state index contributed by atoms with van der Waals surface area (Å²) in [5.74, 6) is -0.567. The Hall–Kier alpha value is -0.870. The molecule has 0 aromatic rings. The highest BCUT2D eigenvalue weighted by molar-refractivity contribution is 9.11. The predicted octanol–water partition coefficient (Wildman–Crippen LogP) is 1.93. The second-order valence-corrected chi connectivity index (χ2v) is 4.24. The number of methoxy groups -OCH3 is 1. The molecule has 1 rings (SSSR count). The van der Waals surface area contributed by atoms with Gasteiger partial charge < -0.3 is 9.84 Å². The average molecular weight is 273 g/mol. The summed E-state index contributed by atoms with van der Waals surface area (Å²) in [5.41, 5.74) is 0.283. The van der Waals surface area contributed by atoms with E-state index in [4.69, 9.17) is 0 Å². The molecular formula is C11H13BrO3. The van der Waals surface area contributed by atoms with Crippen molar-refractivity contribution in [3.05, 3.63) is 34.9 Å². The summed E-state index contributed by atoms with van der Waals surface area (Å²) in [6.07, 6.45) is 5.17. The van der Waals surface area contributed by atoms with Crippen LogP contribution in [0.5, 0.6) is 0 Å². The number of hydrogen-bond acceptors (Lipinski definition) is 3. The molecule has 0 saturated carbocycles. The van der Waals surface area contributed by atoms with E-state index in [1.165, 1.54) is 7.11 Å². The molecule has 0 aromatic heterocycles. The largest absolute Gasteiger partial charge is 0.466 e. The van der Waals surface area contributed by atoms with E-state index < -0.39 is 12.1 Å². The first-order valence-corrected chi connectivity index (χ1v) is 5.33. The molecule has 0 radical (unpaired) electrons. The van der Waals surface area contributed by atoms with Gasteiger partial charge in [0.15, 0.2) is 0 Å². The Kier molecular flexibility index (Phi) is 4.29. The molecule has 0 amide bonds. The molecule has 15 heavy (non-hydrogen) atoms. The lowest BCUT2D eigenvalue weighted by Gasteiger charge is -2.17. The Labute approximate surface area is 97.3 Å². The van der Waals surface area contributed by atoms with Gasteiger partial charge in [-0.25, -0.2) is 4.79 Å². The minimum absolute atomic E-state index is 0.0913. The molecule has 0 fully saturated rings. The predicted molar refractivity (Wildman–Crippen MR) is 61.4 cm³/mol. The number of aliphatic hydroxyl groups excluding tert-OH is 1. The Morgan fingerprint density at radius 3 is 2.93 bits per heavy atom. The third-order valence-corrected chi connectivity index (χ3v) is 3.03. The highest BCUT2D eigenvalue weighted by Crippen LogP contribution is 2.30. The molecular weight excluding hydrogens is 260 g/mol. The molecule has 0 saturated heterocycles. The number of aliphatic hydroxyl groups is 1. The maximum absolute atomic E-state index is 11.1. The van der Waals surface area contributed by atoms with E-state index in [1.807, 2.05) is 18.2 Å². The lowest BCUT2D eigenvalue weighted by molar-refractivity contribution is -0.136. The molecule has 3 nitrogen and oxygen atoms in total. The number of carbonyl (C=O) groups excluding carboxylic acids is 1. The second kappa shape index (κ2) is 5.28. The molecule has 0 aromatic carbocycles. The van der Waals surface area contributed by atoms with Crippen molar-refractivity contribution in [3.8, 4) is 0 Å². The smallest absolute Gasteiger partial charge is 0.333 e. The number of halogens is 1. The molecule has 1 N–H and O–H groups in total. The van der Waals surface area contributed by atoms with E-state index in [1.54, 1.807) is 0 Å². The number of ether oxygens (including phenoxy) is 1. The van der Waals surface area contributed by atoms with Gasteiger partial charge in [0.05, 0.1) is 13.2 Å². The molecule has 2 unspecified atom stereocenters. The van der Waals surface area contributed by atoms with Gasteiger partial charge in [-0.3, -0.25) is 0 Å². The Balaban J connectivity index is 2.53. The molecule has 2 atom stereocenters. The van der Waals surface area contributed by atoms with Crippen LogP contribution >= 0.6 is 15.9 Å². The van der Waals surface area contributed by atoms with Gasteiger partial charge in [0.1, 0.15) is 0 Å². The maximum Gasteiger partial charge on any atom is 0.333 e. The zero-order chi connectivity index (χ0) is 11.4. The minimum atomic E-state index is -0.652. The van der Waals surface area contributed by atoms with Gasteiger partial charge in [0, 0.05) is 22.4 Å². The Morgan fingerprint density at radius 1 is 1.80 bits per heavy atom. The Morgan fingerprint density at radius 2 is 2.47 bits per heavy atom. The number of rotatable bonds is 4. The molecule has 1 aliphatic rings. The van der Waals surface area contributed by atoms with Crippen LogP contribution in [0.1, 0.15) is 6.42 Å². The van der Waals surface area contributed by atoms with Crippen molar-refractivity contribution in [2.24, 2.45) is 5.92 Å². The van der Waals surface area contributed by atoms with Gasteiger partial charge in [0.2, 0.25) is 0 Å². The summed E-state index contributed by atoms with van der Waals surface area (Å²) < 4.78 is 5.42. The SMILES string of the molecule is C=C(CC(O)C1C=CC=C1Br)C(=O)OC. The van der Waals surface area contributed by atoms with Crippen molar-refractivity contribution >= 4 is 21.9 Å². The minimum Gasteiger partial charge on any atom is -0.466 e. The van der Waals surface area contributed by atoms with E-state index in [0.29, 0.717) is 0 Å². The normalized spacial score (nSPS) is 21.0. The third kappa shape index (κ3) is 3.04. The zero-order valence-corrected chi connectivity index (χ0v) is 10.0. The number of esters is 1.